The molecule has 0 saturated heterocycles. The summed E-state index contributed by atoms with van der Waals surface area (Å²) in [5.41, 5.74) is 0. The molecule has 0 spiro atoms. The lowest BCUT2D eigenvalue weighted by Gasteiger charge is -2.19. The van der Waals surface area contributed by atoms with Crippen molar-refractivity contribution in [2.75, 3.05) is 6.54 Å². The molecule has 1 saturated carbocycles. The average Bonchev–Trinajstić information content (AvgIpc) is 2.52. The molecular weight excluding hydrogens is 192 g/mol. The second kappa shape index (κ2) is 6.23. The Labute approximate surface area is 92.8 Å². The van der Waals surface area contributed by atoms with Crippen LogP contribution in [0.5, 0.6) is 0 Å². The molecule has 2 N–H and O–H groups in total. The Morgan fingerprint density at radius 3 is 2.79 bits per heavy atom. The predicted molar refractivity (Wildman–Crippen MR) is 65.4 cm³/mol. The van der Waals surface area contributed by atoms with Crippen LogP contribution in [0, 0.1) is 5.92 Å². The maximum Gasteiger partial charge on any atom is 0.166 e. The molecule has 2 unspecified atom stereocenters. The van der Waals surface area contributed by atoms with Crippen LogP contribution >= 0.6 is 12.2 Å². The Morgan fingerprint density at radius 2 is 2.21 bits per heavy atom. The summed E-state index contributed by atoms with van der Waals surface area (Å²) in [5, 5.41) is 7.50. The highest BCUT2D eigenvalue weighted by atomic mass is 32.1. The fourth-order valence-corrected chi connectivity index (χ4v) is 2.21. The van der Waals surface area contributed by atoms with E-state index in [2.05, 4.69) is 24.5 Å². The minimum absolute atomic E-state index is 0.608. The second-order valence-corrected chi connectivity index (χ2v) is 4.68. The van der Waals surface area contributed by atoms with E-state index in [1.54, 1.807) is 0 Å². The van der Waals surface area contributed by atoms with Crippen molar-refractivity contribution in [1.82, 2.24) is 10.6 Å². The van der Waals surface area contributed by atoms with Crippen LogP contribution in [0.2, 0.25) is 0 Å². The van der Waals surface area contributed by atoms with Crippen molar-refractivity contribution in [3.05, 3.63) is 0 Å². The molecule has 1 aliphatic carbocycles. The molecule has 0 bridgehead atoms. The smallest absolute Gasteiger partial charge is 0.166 e. The third-order valence-electron chi connectivity index (χ3n) is 2.99. The standard InChI is InChI=1S/C11H22N2S/c1-3-4-8-12-11(14)13-10-7-5-6-9(10)2/h9-10H,3-8H2,1-2H3,(H2,12,13,14). The van der Waals surface area contributed by atoms with Gasteiger partial charge in [-0.05, 0) is 37.4 Å². The summed E-state index contributed by atoms with van der Waals surface area (Å²) in [6.45, 7) is 5.50. The first-order chi connectivity index (χ1) is 6.74. The van der Waals surface area contributed by atoms with Crippen LogP contribution in [0.4, 0.5) is 0 Å². The lowest BCUT2D eigenvalue weighted by Crippen LogP contribution is -2.43. The van der Waals surface area contributed by atoms with Crippen molar-refractivity contribution >= 4 is 17.3 Å². The summed E-state index contributed by atoms with van der Waals surface area (Å²) >= 11 is 5.23. The van der Waals surface area contributed by atoms with Crippen LogP contribution in [0.3, 0.4) is 0 Å². The van der Waals surface area contributed by atoms with E-state index in [9.17, 15) is 0 Å². The highest BCUT2D eigenvalue weighted by Crippen LogP contribution is 2.24. The van der Waals surface area contributed by atoms with Crippen molar-refractivity contribution < 1.29 is 0 Å². The van der Waals surface area contributed by atoms with E-state index in [1.165, 1.54) is 32.1 Å². The number of rotatable bonds is 4. The van der Waals surface area contributed by atoms with Gasteiger partial charge in [0.25, 0.3) is 0 Å². The molecule has 82 valence electrons. The van der Waals surface area contributed by atoms with Crippen molar-refractivity contribution in [2.24, 2.45) is 5.92 Å². The largest absolute Gasteiger partial charge is 0.363 e. The van der Waals surface area contributed by atoms with Crippen molar-refractivity contribution in [1.29, 1.82) is 0 Å². The lowest BCUT2D eigenvalue weighted by atomic mass is 10.1. The van der Waals surface area contributed by atoms with Crippen LogP contribution < -0.4 is 10.6 Å². The van der Waals surface area contributed by atoms with Crippen molar-refractivity contribution in [3.8, 4) is 0 Å². The first kappa shape index (κ1) is 11.8. The van der Waals surface area contributed by atoms with E-state index in [-0.39, 0.29) is 0 Å². The van der Waals surface area contributed by atoms with Gasteiger partial charge in [0.15, 0.2) is 5.11 Å². The van der Waals surface area contributed by atoms with E-state index in [4.69, 9.17) is 12.2 Å². The van der Waals surface area contributed by atoms with Crippen LogP contribution in [0.1, 0.15) is 46.0 Å². The van der Waals surface area contributed by atoms with Gasteiger partial charge in [-0.2, -0.15) is 0 Å². The van der Waals surface area contributed by atoms with Gasteiger partial charge >= 0.3 is 0 Å². The topological polar surface area (TPSA) is 24.1 Å². The molecule has 2 atom stereocenters. The number of hydrogen-bond acceptors (Lipinski definition) is 1. The van der Waals surface area contributed by atoms with Crippen LogP contribution in [-0.4, -0.2) is 17.7 Å². The van der Waals surface area contributed by atoms with E-state index >= 15 is 0 Å². The van der Waals surface area contributed by atoms with Gasteiger partial charge in [-0.3, -0.25) is 0 Å². The summed E-state index contributed by atoms with van der Waals surface area (Å²) in [5.74, 6) is 0.779. The number of nitrogens with one attached hydrogen (secondary N) is 2. The first-order valence-corrected chi connectivity index (χ1v) is 6.19. The molecule has 0 aromatic heterocycles. The van der Waals surface area contributed by atoms with E-state index in [0.717, 1.165) is 17.6 Å². The first-order valence-electron chi connectivity index (χ1n) is 5.78. The number of hydrogen-bond donors (Lipinski definition) is 2. The molecular formula is C11H22N2S. The lowest BCUT2D eigenvalue weighted by molar-refractivity contribution is 0.484. The van der Waals surface area contributed by atoms with E-state index in [1.807, 2.05) is 0 Å². The Kier molecular flexibility index (Phi) is 5.23. The maximum absolute atomic E-state index is 5.23. The number of unbranched alkanes of at least 4 members (excludes halogenated alkanes) is 1. The van der Waals surface area contributed by atoms with Gasteiger partial charge in [0.1, 0.15) is 0 Å². The molecule has 3 heteroatoms. The number of thiocarbonyl (C=S) groups is 1. The molecule has 0 aromatic carbocycles. The van der Waals surface area contributed by atoms with Crippen molar-refractivity contribution in [3.63, 3.8) is 0 Å². The van der Waals surface area contributed by atoms with Crippen LogP contribution in [0.25, 0.3) is 0 Å². The van der Waals surface area contributed by atoms with Crippen molar-refractivity contribution in [2.45, 2.75) is 52.0 Å². The Hall–Kier alpha value is -0.310. The summed E-state index contributed by atoms with van der Waals surface area (Å²) in [7, 11) is 0. The molecule has 1 aliphatic rings. The second-order valence-electron chi connectivity index (χ2n) is 4.27. The minimum atomic E-state index is 0.608. The van der Waals surface area contributed by atoms with E-state index < -0.39 is 0 Å². The summed E-state index contributed by atoms with van der Waals surface area (Å²) < 4.78 is 0. The van der Waals surface area contributed by atoms with Gasteiger partial charge in [0, 0.05) is 12.6 Å². The summed E-state index contributed by atoms with van der Waals surface area (Å²) in [6, 6.07) is 0.608. The van der Waals surface area contributed by atoms with Gasteiger partial charge in [-0.1, -0.05) is 26.7 Å². The minimum Gasteiger partial charge on any atom is -0.363 e. The predicted octanol–water partition coefficient (Wildman–Crippen LogP) is 2.44. The quantitative estimate of drug-likeness (QED) is 0.555. The third-order valence-corrected chi connectivity index (χ3v) is 3.26. The fourth-order valence-electron chi connectivity index (χ4n) is 1.96. The zero-order valence-electron chi connectivity index (χ0n) is 9.31. The molecule has 0 aromatic rings. The SMILES string of the molecule is CCCCNC(=S)NC1CCCC1C. The molecule has 0 heterocycles. The highest BCUT2D eigenvalue weighted by molar-refractivity contribution is 7.80. The van der Waals surface area contributed by atoms with E-state index in [0.29, 0.717) is 6.04 Å². The molecule has 2 nitrogen and oxygen atoms in total. The molecule has 0 amide bonds. The normalized spacial score (nSPS) is 26.1. The Bertz CT molecular complexity index is 182. The third kappa shape index (κ3) is 3.82. The zero-order valence-corrected chi connectivity index (χ0v) is 10.1. The maximum atomic E-state index is 5.23. The van der Waals surface area contributed by atoms with Gasteiger partial charge in [-0.25, -0.2) is 0 Å². The molecule has 14 heavy (non-hydrogen) atoms. The van der Waals surface area contributed by atoms with Gasteiger partial charge in [0.05, 0.1) is 0 Å². The highest BCUT2D eigenvalue weighted by Gasteiger charge is 2.23. The van der Waals surface area contributed by atoms with Gasteiger partial charge < -0.3 is 10.6 Å². The Morgan fingerprint density at radius 1 is 1.43 bits per heavy atom. The Balaban J connectivity index is 2.13. The molecule has 1 rings (SSSR count). The van der Waals surface area contributed by atoms with Crippen LogP contribution in [-0.2, 0) is 0 Å². The molecule has 0 aliphatic heterocycles. The fraction of sp³-hybridized carbons (Fsp3) is 0.909. The average molecular weight is 214 g/mol. The monoisotopic (exact) mass is 214 g/mol. The zero-order chi connectivity index (χ0) is 10.4. The van der Waals surface area contributed by atoms with Gasteiger partial charge in [-0.15, -0.1) is 0 Å². The molecule has 0 radical (unpaired) electrons. The summed E-state index contributed by atoms with van der Waals surface area (Å²) in [6.07, 6.45) is 6.37. The summed E-state index contributed by atoms with van der Waals surface area (Å²) in [4.78, 5) is 0. The molecule has 1 fully saturated rings. The van der Waals surface area contributed by atoms with Gasteiger partial charge in [0.2, 0.25) is 0 Å². The van der Waals surface area contributed by atoms with Crippen LogP contribution in [0.15, 0.2) is 0 Å².